The lowest BCUT2D eigenvalue weighted by Crippen LogP contribution is -2.12. The number of hydrogen-bond acceptors (Lipinski definition) is 4. The Kier molecular flexibility index (Phi) is 7.40. The molecule has 1 aromatic rings. The first-order valence-corrected chi connectivity index (χ1v) is 6.72. The lowest BCUT2D eigenvalue weighted by atomic mass is 10.1. The number of nitrogens with two attached hydrogens (primary N) is 1. The zero-order chi connectivity index (χ0) is 14.1. The van der Waals surface area contributed by atoms with Gasteiger partial charge in [-0.2, -0.15) is 0 Å². The summed E-state index contributed by atoms with van der Waals surface area (Å²) in [5.74, 6) is 0.683. The van der Waals surface area contributed by atoms with E-state index in [9.17, 15) is 0 Å². The van der Waals surface area contributed by atoms with E-state index in [1.54, 1.807) is 7.11 Å². The van der Waals surface area contributed by atoms with Gasteiger partial charge in [0.1, 0.15) is 10.7 Å². The van der Waals surface area contributed by atoms with Gasteiger partial charge in [-0.1, -0.05) is 25.2 Å². The first kappa shape index (κ1) is 15.9. The second kappa shape index (κ2) is 8.85. The third kappa shape index (κ3) is 5.55. The number of hydrogen-bond donors (Lipinski definition) is 1. The molecule has 0 aliphatic rings. The number of thiocarbonyl (C=S) groups is 1. The molecular weight excluding hydrogens is 262 g/mol. The van der Waals surface area contributed by atoms with E-state index in [1.807, 2.05) is 18.2 Å². The summed E-state index contributed by atoms with van der Waals surface area (Å²) in [5, 5.41) is 0. The van der Waals surface area contributed by atoms with E-state index in [0.29, 0.717) is 30.6 Å². The predicted octanol–water partition coefficient (Wildman–Crippen LogP) is 2.27. The standard InChI is InChI=1S/C14H21NO3S/c1-3-6-17-7-8-18-10-11-4-5-13(16-2)12(9-11)14(15)19/h4-5,9H,3,6-8,10H2,1-2H3,(H2,15,19). The van der Waals surface area contributed by atoms with Crippen molar-refractivity contribution in [3.05, 3.63) is 29.3 Å². The molecule has 0 spiro atoms. The minimum absolute atomic E-state index is 0.324. The highest BCUT2D eigenvalue weighted by Gasteiger charge is 2.07. The van der Waals surface area contributed by atoms with Crippen LogP contribution in [-0.4, -0.2) is 31.9 Å². The summed E-state index contributed by atoms with van der Waals surface area (Å²) in [6.45, 7) is 4.56. The molecule has 1 rings (SSSR count). The molecule has 1 aromatic carbocycles. The van der Waals surface area contributed by atoms with Crippen LogP contribution in [0.2, 0.25) is 0 Å². The van der Waals surface area contributed by atoms with Crippen LogP contribution in [0.3, 0.4) is 0 Å². The van der Waals surface area contributed by atoms with Crippen LogP contribution in [0, 0.1) is 0 Å². The molecule has 0 aromatic heterocycles. The average Bonchev–Trinajstić information content (AvgIpc) is 2.42. The minimum atomic E-state index is 0.324. The van der Waals surface area contributed by atoms with Gasteiger partial charge in [-0.3, -0.25) is 0 Å². The normalized spacial score (nSPS) is 10.4. The molecule has 5 heteroatoms. The molecule has 4 nitrogen and oxygen atoms in total. The number of benzene rings is 1. The summed E-state index contributed by atoms with van der Waals surface area (Å²) in [5.41, 5.74) is 7.41. The van der Waals surface area contributed by atoms with Gasteiger partial charge in [-0.15, -0.1) is 0 Å². The predicted molar refractivity (Wildman–Crippen MR) is 79.6 cm³/mol. The van der Waals surface area contributed by atoms with Gasteiger partial charge in [0.05, 0.1) is 32.5 Å². The van der Waals surface area contributed by atoms with Crippen molar-refractivity contribution in [2.24, 2.45) is 5.73 Å². The van der Waals surface area contributed by atoms with Crippen molar-refractivity contribution < 1.29 is 14.2 Å². The van der Waals surface area contributed by atoms with Crippen LogP contribution < -0.4 is 10.5 Å². The van der Waals surface area contributed by atoms with E-state index in [0.717, 1.165) is 24.2 Å². The quantitative estimate of drug-likeness (QED) is 0.556. The fourth-order valence-electron chi connectivity index (χ4n) is 1.59. The molecule has 0 heterocycles. The maximum absolute atomic E-state index is 5.66. The molecule has 0 fully saturated rings. The monoisotopic (exact) mass is 283 g/mol. The molecule has 106 valence electrons. The first-order chi connectivity index (χ1) is 9.19. The largest absolute Gasteiger partial charge is 0.496 e. The minimum Gasteiger partial charge on any atom is -0.496 e. The first-order valence-electron chi connectivity index (χ1n) is 6.31. The maximum atomic E-state index is 5.66. The Morgan fingerprint density at radius 2 is 1.95 bits per heavy atom. The summed E-state index contributed by atoms with van der Waals surface area (Å²) in [6.07, 6.45) is 1.02. The molecule has 19 heavy (non-hydrogen) atoms. The van der Waals surface area contributed by atoms with Gasteiger partial charge in [-0.25, -0.2) is 0 Å². The highest BCUT2D eigenvalue weighted by Crippen LogP contribution is 2.20. The second-order valence-electron chi connectivity index (χ2n) is 4.06. The van der Waals surface area contributed by atoms with Crippen LogP contribution >= 0.6 is 12.2 Å². The maximum Gasteiger partial charge on any atom is 0.129 e. The summed E-state index contributed by atoms with van der Waals surface area (Å²) in [4.78, 5) is 0.324. The molecule has 2 N–H and O–H groups in total. The zero-order valence-corrected chi connectivity index (χ0v) is 12.3. The van der Waals surface area contributed by atoms with Gasteiger partial charge in [0.2, 0.25) is 0 Å². The molecule has 0 radical (unpaired) electrons. The van der Waals surface area contributed by atoms with Gasteiger partial charge in [0.15, 0.2) is 0 Å². The molecular formula is C14H21NO3S. The highest BCUT2D eigenvalue weighted by atomic mass is 32.1. The molecule has 0 bridgehead atoms. The van der Waals surface area contributed by atoms with E-state index in [1.165, 1.54) is 0 Å². The number of rotatable bonds is 9. The summed E-state index contributed by atoms with van der Waals surface area (Å²) in [7, 11) is 1.60. The van der Waals surface area contributed by atoms with Crippen LogP contribution in [0.15, 0.2) is 18.2 Å². The third-order valence-corrected chi connectivity index (χ3v) is 2.74. The molecule has 0 atom stereocenters. The van der Waals surface area contributed by atoms with Gasteiger partial charge in [0.25, 0.3) is 0 Å². The van der Waals surface area contributed by atoms with Crippen molar-refractivity contribution >= 4 is 17.2 Å². The SMILES string of the molecule is CCCOCCOCc1ccc(OC)c(C(N)=S)c1. The van der Waals surface area contributed by atoms with Gasteiger partial charge < -0.3 is 19.9 Å². The highest BCUT2D eigenvalue weighted by molar-refractivity contribution is 7.80. The second-order valence-corrected chi connectivity index (χ2v) is 4.50. The van der Waals surface area contributed by atoms with Crippen LogP contribution in [0.4, 0.5) is 0 Å². The van der Waals surface area contributed by atoms with Crippen molar-refractivity contribution in [1.82, 2.24) is 0 Å². The smallest absolute Gasteiger partial charge is 0.129 e. The topological polar surface area (TPSA) is 53.7 Å². The zero-order valence-electron chi connectivity index (χ0n) is 11.5. The van der Waals surface area contributed by atoms with Crippen molar-refractivity contribution in [2.75, 3.05) is 26.9 Å². The van der Waals surface area contributed by atoms with Crippen molar-refractivity contribution in [3.63, 3.8) is 0 Å². The number of ether oxygens (including phenoxy) is 3. The van der Waals surface area contributed by atoms with E-state index < -0.39 is 0 Å². The van der Waals surface area contributed by atoms with E-state index >= 15 is 0 Å². The van der Waals surface area contributed by atoms with Crippen molar-refractivity contribution in [3.8, 4) is 5.75 Å². The Morgan fingerprint density at radius 3 is 2.58 bits per heavy atom. The summed E-state index contributed by atoms with van der Waals surface area (Å²) < 4.78 is 16.1. The average molecular weight is 283 g/mol. The fraction of sp³-hybridized carbons (Fsp3) is 0.500. The molecule has 0 aliphatic carbocycles. The molecule has 0 unspecified atom stereocenters. The van der Waals surface area contributed by atoms with E-state index in [2.05, 4.69) is 6.92 Å². The lowest BCUT2D eigenvalue weighted by molar-refractivity contribution is 0.0408. The van der Waals surface area contributed by atoms with Crippen LogP contribution in [0.25, 0.3) is 0 Å². The van der Waals surface area contributed by atoms with E-state index in [4.69, 9.17) is 32.2 Å². The molecule has 0 aliphatic heterocycles. The van der Waals surface area contributed by atoms with Crippen LogP contribution in [0.1, 0.15) is 24.5 Å². The Balaban J connectivity index is 2.46. The Hall–Kier alpha value is -1.17. The Labute approximate surface area is 119 Å². The van der Waals surface area contributed by atoms with Gasteiger partial charge >= 0.3 is 0 Å². The van der Waals surface area contributed by atoms with Crippen molar-refractivity contribution in [1.29, 1.82) is 0 Å². The van der Waals surface area contributed by atoms with Gasteiger partial charge in [-0.05, 0) is 24.1 Å². The van der Waals surface area contributed by atoms with Gasteiger partial charge in [0, 0.05) is 6.61 Å². The summed E-state index contributed by atoms with van der Waals surface area (Å²) >= 11 is 5.00. The van der Waals surface area contributed by atoms with Crippen LogP contribution in [-0.2, 0) is 16.1 Å². The number of methoxy groups -OCH3 is 1. The summed E-state index contributed by atoms with van der Waals surface area (Å²) in [6, 6.07) is 5.68. The van der Waals surface area contributed by atoms with E-state index in [-0.39, 0.29) is 0 Å². The fourth-order valence-corrected chi connectivity index (χ4v) is 1.75. The molecule has 0 amide bonds. The van der Waals surface area contributed by atoms with Crippen LogP contribution in [0.5, 0.6) is 5.75 Å². The Morgan fingerprint density at radius 1 is 1.21 bits per heavy atom. The van der Waals surface area contributed by atoms with Crippen molar-refractivity contribution in [2.45, 2.75) is 20.0 Å². The third-order valence-electron chi connectivity index (χ3n) is 2.52. The Bertz CT molecular complexity index is 410. The molecule has 0 saturated heterocycles. The molecule has 0 saturated carbocycles. The lowest BCUT2D eigenvalue weighted by Gasteiger charge is -2.10.